The molecular weight excluding hydrogens is 342 g/mol. The van der Waals surface area contributed by atoms with Gasteiger partial charge in [0, 0.05) is 19.3 Å². The number of aliphatic carboxylic acids is 2. The van der Waals surface area contributed by atoms with Crippen molar-refractivity contribution < 1.29 is 29.3 Å². The highest BCUT2D eigenvalue weighted by Gasteiger charge is 2.05. The summed E-state index contributed by atoms with van der Waals surface area (Å²) in [5.74, 6) is -3.82. The number of hydrogen-bond acceptors (Lipinski definition) is 6. The van der Waals surface area contributed by atoms with Gasteiger partial charge in [-0.1, -0.05) is 11.6 Å². The molecule has 0 bridgehead atoms. The molecule has 0 radical (unpaired) electrons. The van der Waals surface area contributed by atoms with Gasteiger partial charge in [-0.3, -0.25) is 4.79 Å². The predicted octanol–water partition coefficient (Wildman–Crippen LogP) is 0.542. The third kappa shape index (κ3) is 9.37. The number of rotatable bonds is 6. The maximum atomic E-state index is 11.5. The fourth-order valence-electron chi connectivity index (χ4n) is 1.26. The molecule has 10 heteroatoms. The molecule has 0 aromatic heterocycles. The predicted molar refractivity (Wildman–Crippen MR) is 84.8 cm³/mol. The highest BCUT2D eigenvalue weighted by Crippen LogP contribution is 2.19. The first-order valence-electron chi connectivity index (χ1n) is 6.47. The Labute approximate surface area is 142 Å². The minimum atomic E-state index is -1.82. The summed E-state index contributed by atoms with van der Waals surface area (Å²) in [4.78, 5) is 29.7. The lowest BCUT2D eigenvalue weighted by atomic mass is 10.2. The summed E-state index contributed by atoms with van der Waals surface area (Å²) < 4.78 is 4.84. The van der Waals surface area contributed by atoms with Crippen molar-refractivity contribution >= 4 is 35.1 Å². The van der Waals surface area contributed by atoms with Crippen LogP contribution in [0.2, 0.25) is 5.02 Å². The normalized spacial score (nSPS) is 9.21. The molecule has 1 aromatic carbocycles. The molecule has 0 fully saturated rings. The van der Waals surface area contributed by atoms with E-state index in [0.29, 0.717) is 29.4 Å². The van der Waals surface area contributed by atoms with Gasteiger partial charge in [0.05, 0.1) is 23.7 Å². The van der Waals surface area contributed by atoms with E-state index in [9.17, 15) is 4.79 Å². The Bertz CT molecular complexity index is 617. The van der Waals surface area contributed by atoms with E-state index >= 15 is 0 Å². The Balaban J connectivity index is 0.000000754. The monoisotopic (exact) mass is 357 g/mol. The molecule has 9 nitrogen and oxygen atoms in total. The van der Waals surface area contributed by atoms with Crippen molar-refractivity contribution in [3.05, 3.63) is 28.8 Å². The topological polar surface area (TPSA) is 149 Å². The van der Waals surface area contributed by atoms with Gasteiger partial charge in [-0.25, -0.2) is 9.59 Å². The standard InChI is InChI=1S/C12H14ClN3O2.C2H2O4/c1-18-5-4-15-8-12(17)16-10-3-2-9(7-14)11(13)6-10;3-1(4)2(5)6/h2-3,6,15H,4-5,8H2,1H3,(H,16,17);(H,3,4)(H,5,6). The van der Waals surface area contributed by atoms with Crippen LogP contribution >= 0.6 is 11.6 Å². The van der Waals surface area contributed by atoms with E-state index in [-0.39, 0.29) is 12.5 Å². The number of carboxylic acid groups (broad SMARTS) is 2. The van der Waals surface area contributed by atoms with Crippen molar-refractivity contribution in [2.24, 2.45) is 0 Å². The zero-order valence-electron chi connectivity index (χ0n) is 12.7. The molecule has 24 heavy (non-hydrogen) atoms. The van der Waals surface area contributed by atoms with Crippen molar-refractivity contribution in [2.45, 2.75) is 0 Å². The Kier molecular flexibility index (Phi) is 10.5. The first-order valence-corrected chi connectivity index (χ1v) is 6.85. The molecule has 0 unspecified atom stereocenters. The number of nitrogens with one attached hydrogen (secondary N) is 2. The number of methoxy groups -OCH3 is 1. The number of carboxylic acids is 2. The molecule has 1 rings (SSSR count). The van der Waals surface area contributed by atoms with Gasteiger partial charge in [0.2, 0.25) is 5.91 Å². The summed E-state index contributed by atoms with van der Waals surface area (Å²) >= 11 is 5.85. The number of halogens is 1. The van der Waals surface area contributed by atoms with Gasteiger partial charge in [0.25, 0.3) is 0 Å². The minimum Gasteiger partial charge on any atom is -0.473 e. The summed E-state index contributed by atoms with van der Waals surface area (Å²) in [6.07, 6.45) is 0. The second-order valence-electron chi connectivity index (χ2n) is 4.13. The number of ether oxygens (including phenoxy) is 1. The zero-order chi connectivity index (χ0) is 18.5. The number of amides is 1. The summed E-state index contributed by atoms with van der Waals surface area (Å²) in [5.41, 5.74) is 0.949. The quantitative estimate of drug-likeness (QED) is 0.425. The number of nitrogens with zero attached hydrogens (tertiary/aromatic N) is 1. The average Bonchev–Trinajstić information content (AvgIpc) is 2.52. The number of carbonyl (C=O) groups is 3. The lowest BCUT2D eigenvalue weighted by Crippen LogP contribution is -2.30. The van der Waals surface area contributed by atoms with Crippen LogP contribution in [0.1, 0.15) is 5.56 Å². The van der Waals surface area contributed by atoms with Crippen LogP contribution < -0.4 is 10.6 Å². The van der Waals surface area contributed by atoms with Gasteiger partial charge in [-0.2, -0.15) is 5.26 Å². The zero-order valence-corrected chi connectivity index (χ0v) is 13.5. The van der Waals surface area contributed by atoms with Gasteiger partial charge in [0.1, 0.15) is 6.07 Å². The molecule has 0 aliphatic rings. The largest absolute Gasteiger partial charge is 0.473 e. The van der Waals surface area contributed by atoms with Crippen molar-refractivity contribution in [3.63, 3.8) is 0 Å². The number of anilines is 1. The molecule has 0 saturated carbocycles. The third-order valence-corrected chi connectivity index (χ3v) is 2.64. The fraction of sp³-hybridized carbons (Fsp3) is 0.286. The van der Waals surface area contributed by atoms with Gasteiger partial charge < -0.3 is 25.6 Å². The maximum absolute atomic E-state index is 11.5. The van der Waals surface area contributed by atoms with Crippen molar-refractivity contribution in [1.29, 1.82) is 5.26 Å². The lowest BCUT2D eigenvalue weighted by molar-refractivity contribution is -0.159. The Morgan fingerprint density at radius 1 is 1.29 bits per heavy atom. The van der Waals surface area contributed by atoms with Crippen LogP contribution in [0.25, 0.3) is 0 Å². The molecule has 0 atom stereocenters. The molecular formula is C14H16ClN3O6. The Morgan fingerprint density at radius 3 is 2.38 bits per heavy atom. The molecule has 1 aromatic rings. The van der Waals surface area contributed by atoms with Crippen LogP contribution in [0.5, 0.6) is 0 Å². The van der Waals surface area contributed by atoms with E-state index in [1.54, 1.807) is 25.3 Å². The van der Waals surface area contributed by atoms with E-state index < -0.39 is 11.9 Å². The molecule has 0 aliphatic heterocycles. The van der Waals surface area contributed by atoms with Crippen molar-refractivity contribution in [3.8, 4) is 6.07 Å². The van der Waals surface area contributed by atoms with E-state index in [1.165, 1.54) is 0 Å². The first kappa shape index (κ1) is 21.3. The number of nitriles is 1. The van der Waals surface area contributed by atoms with Gasteiger partial charge in [-0.05, 0) is 18.2 Å². The fourth-order valence-corrected chi connectivity index (χ4v) is 1.49. The van der Waals surface area contributed by atoms with Gasteiger partial charge >= 0.3 is 11.9 Å². The minimum absolute atomic E-state index is 0.174. The molecule has 0 aliphatic carbocycles. The average molecular weight is 358 g/mol. The summed E-state index contributed by atoms with van der Waals surface area (Å²) in [5, 5.41) is 29.4. The van der Waals surface area contributed by atoms with Crippen LogP contribution in [-0.4, -0.2) is 54.9 Å². The summed E-state index contributed by atoms with van der Waals surface area (Å²) in [6, 6.07) is 6.70. The Morgan fingerprint density at radius 2 is 1.92 bits per heavy atom. The molecule has 0 saturated heterocycles. The van der Waals surface area contributed by atoms with Crippen molar-refractivity contribution in [2.75, 3.05) is 32.1 Å². The maximum Gasteiger partial charge on any atom is 0.414 e. The van der Waals surface area contributed by atoms with Crippen LogP contribution in [-0.2, 0) is 19.1 Å². The highest BCUT2D eigenvalue weighted by molar-refractivity contribution is 6.32. The van der Waals surface area contributed by atoms with Crippen molar-refractivity contribution in [1.82, 2.24) is 5.32 Å². The van der Waals surface area contributed by atoms with Gasteiger partial charge in [-0.15, -0.1) is 0 Å². The first-order chi connectivity index (χ1) is 11.3. The van der Waals surface area contributed by atoms with Crippen LogP contribution in [0.15, 0.2) is 18.2 Å². The third-order valence-electron chi connectivity index (χ3n) is 2.32. The number of carbonyl (C=O) groups excluding carboxylic acids is 1. The molecule has 1 amide bonds. The van der Waals surface area contributed by atoms with Crippen LogP contribution in [0.4, 0.5) is 5.69 Å². The van der Waals surface area contributed by atoms with E-state index in [0.717, 1.165) is 0 Å². The molecule has 130 valence electrons. The highest BCUT2D eigenvalue weighted by atomic mass is 35.5. The van der Waals surface area contributed by atoms with E-state index in [2.05, 4.69) is 10.6 Å². The molecule has 4 N–H and O–H groups in total. The van der Waals surface area contributed by atoms with E-state index in [1.807, 2.05) is 6.07 Å². The SMILES string of the molecule is COCCNCC(=O)Nc1ccc(C#N)c(Cl)c1.O=C(O)C(=O)O. The molecule has 0 spiro atoms. The van der Waals surface area contributed by atoms with Crippen LogP contribution in [0, 0.1) is 11.3 Å². The molecule has 0 heterocycles. The lowest BCUT2D eigenvalue weighted by Gasteiger charge is -2.07. The van der Waals surface area contributed by atoms with Crippen LogP contribution in [0.3, 0.4) is 0 Å². The summed E-state index contributed by atoms with van der Waals surface area (Å²) in [6.45, 7) is 1.36. The van der Waals surface area contributed by atoms with Gasteiger partial charge in [0.15, 0.2) is 0 Å². The number of benzene rings is 1. The second-order valence-corrected chi connectivity index (χ2v) is 4.54. The number of hydrogen-bond donors (Lipinski definition) is 4. The van der Waals surface area contributed by atoms with E-state index in [4.69, 9.17) is 41.4 Å². The Hall–Kier alpha value is -2.67. The second kappa shape index (κ2) is 11.8. The smallest absolute Gasteiger partial charge is 0.414 e. The summed E-state index contributed by atoms with van der Waals surface area (Å²) in [7, 11) is 1.60.